The van der Waals surface area contributed by atoms with Crippen molar-refractivity contribution in [2.24, 2.45) is 5.41 Å². The Hall–Kier alpha value is -1.02. The second-order valence-corrected chi connectivity index (χ2v) is 8.00. The monoisotopic (exact) mass is 274 g/mol. The first-order valence-electron chi connectivity index (χ1n) is 7.85. The lowest BCUT2D eigenvalue weighted by Gasteiger charge is -2.36. The fourth-order valence-corrected chi connectivity index (χ4v) is 3.55. The van der Waals surface area contributed by atoms with Crippen LogP contribution in [0.15, 0.2) is 24.3 Å². The molecule has 0 saturated carbocycles. The van der Waals surface area contributed by atoms with Gasteiger partial charge in [-0.2, -0.15) is 0 Å². The highest BCUT2D eigenvalue weighted by Gasteiger charge is 2.27. The second-order valence-electron chi connectivity index (χ2n) is 8.00. The number of anilines is 1. The Morgan fingerprint density at radius 1 is 1.15 bits per heavy atom. The number of para-hydroxylation sites is 1. The zero-order valence-corrected chi connectivity index (χ0v) is 13.7. The molecule has 1 aromatic carbocycles. The van der Waals surface area contributed by atoms with Crippen molar-refractivity contribution in [2.75, 3.05) is 18.4 Å². The number of benzene rings is 1. The molecule has 1 aliphatic heterocycles. The average Bonchev–Trinajstić information content (AvgIpc) is 2.33. The van der Waals surface area contributed by atoms with Gasteiger partial charge in [0.05, 0.1) is 0 Å². The summed E-state index contributed by atoms with van der Waals surface area (Å²) in [5.74, 6) is 0.631. The van der Waals surface area contributed by atoms with Crippen molar-refractivity contribution < 1.29 is 0 Å². The first-order valence-corrected chi connectivity index (χ1v) is 7.85. The third-order valence-electron chi connectivity index (χ3n) is 4.01. The predicted molar refractivity (Wildman–Crippen MR) is 88.4 cm³/mol. The molecule has 0 amide bonds. The van der Waals surface area contributed by atoms with Gasteiger partial charge in [-0.25, -0.2) is 0 Å². The highest BCUT2D eigenvalue weighted by molar-refractivity contribution is 5.54. The summed E-state index contributed by atoms with van der Waals surface area (Å²) >= 11 is 0. The molecule has 0 radical (unpaired) electrons. The lowest BCUT2D eigenvalue weighted by molar-refractivity contribution is 0.238. The largest absolute Gasteiger partial charge is 0.385 e. The number of hydrogen-bond donors (Lipinski definition) is 2. The highest BCUT2D eigenvalue weighted by Crippen LogP contribution is 2.32. The maximum Gasteiger partial charge on any atom is 0.0376 e. The van der Waals surface area contributed by atoms with Crippen LogP contribution >= 0.6 is 0 Å². The van der Waals surface area contributed by atoms with Gasteiger partial charge in [-0.3, -0.25) is 0 Å². The summed E-state index contributed by atoms with van der Waals surface area (Å²) < 4.78 is 0. The Labute approximate surface area is 124 Å². The molecule has 20 heavy (non-hydrogen) atoms. The van der Waals surface area contributed by atoms with E-state index in [4.69, 9.17) is 0 Å². The van der Waals surface area contributed by atoms with E-state index in [2.05, 4.69) is 69.5 Å². The number of rotatable bonds is 4. The van der Waals surface area contributed by atoms with Crippen LogP contribution in [-0.4, -0.2) is 18.6 Å². The van der Waals surface area contributed by atoms with E-state index in [9.17, 15) is 0 Å². The van der Waals surface area contributed by atoms with E-state index in [-0.39, 0.29) is 5.54 Å². The van der Waals surface area contributed by atoms with E-state index < -0.39 is 0 Å². The summed E-state index contributed by atoms with van der Waals surface area (Å²) in [6.45, 7) is 13.8. The number of hydrogen-bond acceptors (Lipinski definition) is 2. The lowest BCUT2D eigenvalue weighted by Crippen LogP contribution is -2.44. The van der Waals surface area contributed by atoms with E-state index >= 15 is 0 Å². The number of fused-ring (bicyclic) bond motifs is 1. The van der Waals surface area contributed by atoms with Gasteiger partial charge < -0.3 is 10.6 Å². The van der Waals surface area contributed by atoms with Crippen molar-refractivity contribution in [3.63, 3.8) is 0 Å². The fraction of sp³-hybridized carbons (Fsp3) is 0.667. The van der Waals surface area contributed by atoms with Crippen molar-refractivity contribution in [1.29, 1.82) is 0 Å². The van der Waals surface area contributed by atoms with Gasteiger partial charge in [-0.15, -0.1) is 0 Å². The van der Waals surface area contributed by atoms with Crippen LogP contribution in [0.3, 0.4) is 0 Å². The average molecular weight is 274 g/mol. The maximum atomic E-state index is 3.80. The Morgan fingerprint density at radius 3 is 2.55 bits per heavy atom. The molecule has 0 spiro atoms. The van der Waals surface area contributed by atoms with Gasteiger partial charge in [0.15, 0.2) is 0 Å². The van der Waals surface area contributed by atoms with Crippen LogP contribution in [0.2, 0.25) is 0 Å². The minimum atomic E-state index is 0.193. The summed E-state index contributed by atoms with van der Waals surface area (Å²) in [7, 11) is 0. The molecule has 0 saturated heterocycles. The molecule has 1 aromatic rings. The van der Waals surface area contributed by atoms with Crippen molar-refractivity contribution in [3.8, 4) is 0 Å². The van der Waals surface area contributed by atoms with Crippen LogP contribution in [0, 0.1) is 5.41 Å². The van der Waals surface area contributed by atoms with Crippen molar-refractivity contribution in [2.45, 2.75) is 58.9 Å². The smallest absolute Gasteiger partial charge is 0.0376 e. The molecule has 1 atom stereocenters. The normalized spacial score (nSPS) is 19.4. The molecule has 0 fully saturated rings. The zero-order valence-electron chi connectivity index (χ0n) is 13.7. The van der Waals surface area contributed by atoms with Crippen LogP contribution in [0.5, 0.6) is 0 Å². The predicted octanol–water partition coefficient (Wildman–Crippen LogP) is 4.39. The fourth-order valence-electron chi connectivity index (χ4n) is 3.55. The quantitative estimate of drug-likeness (QED) is 0.851. The Kier molecular flexibility index (Phi) is 4.43. The van der Waals surface area contributed by atoms with Gasteiger partial charge in [0.2, 0.25) is 0 Å². The molecule has 112 valence electrons. The standard InChI is InChI=1S/C18H30N2/c1-17(2,3)13-18(4,5)20-12-14-10-11-19-16-9-7-6-8-15(14)16/h6-9,14,19-20H,10-13H2,1-5H3. The SMILES string of the molecule is CC(C)(C)CC(C)(C)NCC1CCNc2ccccc21. The molecule has 1 unspecified atom stereocenters. The molecule has 2 nitrogen and oxygen atoms in total. The summed E-state index contributed by atoms with van der Waals surface area (Å²) in [6, 6.07) is 8.73. The van der Waals surface area contributed by atoms with Gasteiger partial charge in [0, 0.05) is 30.2 Å². The lowest BCUT2D eigenvalue weighted by atomic mass is 9.81. The van der Waals surface area contributed by atoms with Gasteiger partial charge in [0.25, 0.3) is 0 Å². The van der Waals surface area contributed by atoms with Crippen molar-refractivity contribution >= 4 is 5.69 Å². The van der Waals surface area contributed by atoms with E-state index in [1.165, 1.54) is 24.1 Å². The molecule has 1 aliphatic rings. The highest BCUT2D eigenvalue weighted by atomic mass is 15.0. The molecule has 0 bridgehead atoms. The molecular formula is C18H30N2. The van der Waals surface area contributed by atoms with Gasteiger partial charge in [0.1, 0.15) is 0 Å². The van der Waals surface area contributed by atoms with E-state index in [1.54, 1.807) is 0 Å². The summed E-state index contributed by atoms with van der Waals surface area (Å²) in [4.78, 5) is 0. The van der Waals surface area contributed by atoms with E-state index in [1.807, 2.05) is 0 Å². The van der Waals surface area contributed by atoms with Gasteiger partial charge in [-0.05, 0) is 43.7 Å². The first kappa shape index (κ1) is 15.4. The minimum absolute atomic E-state index is 0.193. The molecule has 2 N–H and O–H groups in total. The molecule has 1 heterocycles. The zero-order chi connectivity index (χ0) is 14.8. The van der Waals surface area contributed by atoms with Gasteiger partial charge >= 0.3 is 0 Å². The Balaban J connectivity index is 1.98. The van der Waals surface area contributed by atoms with E-state index in [0.29, 0.717) is 11.3 Å². The second kappa shape index (κ2) is 5.77. The molecular weight excluding hydrogens is 244 g/mol. The molecule has 2 heteroatoms. The summed E-state index contributed by atoms with van der Waals surface area (Å²) in [5, 5.41) is 7.30. The Bertz CT molecular complexity index is 443. The third kappa shape index (κ3) is 4.24. The van der Waals surface area contributed by atoms with Crippen LogP contribution in [-0.2, 0) is 0 Å². The van der Waals surface area contributed by atoms with Crippen molar-refractivity contribution in [3.05, 3.63) is 29.8 Å². The topological polar surface area (TPSA) is 24.1 Å². The van der Waals surface area contributed by atoms with Crippen molar-refractivity contribution in [1.82, 2.24) is 5.32 Å². The van der Waals surface area contributed by atoms with Crippen LogP contribution in [0.4, 0.5) is 5.69 Å². The maximum absolute atomic E-state index is 3.80. The van der Waals surface area contributed by atoms with Crippen LogP contribution in [0.1, 0.15) is 58.9 Å². The molecule has 0 aromatic heterocycles. The van der Waals surface area contributed by atoms with Crippen LogP contribution < -0.4 is 10.6 Å². The third-order valence-corrected chi connectivity index (χ3v) is 4.01. The molecule has 2 rings (SSSR count). The first-order chi connectivity index (χ1) is 9.27. The van der Waals surface area contributed by atoms with Crippen LogP contribution in [0.25, 0.3) is 0 Å². The molecule has 0 aliphatic carbocycles. The van der Waals surface area contributed by atoms with E-state index in [0.717, 1.165) is 13.1 Å². The summed E-state index contributed by atoms with van der Waals surface area (Å²) in [5.41, 5.74) is 3.35. The minimum Gasteiger partial charge on any atom is -0.385 e. The van der Waals surface area contributed by atoms with Gasteiger partial charge in [-0.1, -0.05) is 39.0 Å². The Morgan fingerprint density at radius 2 is 1.85 bits per heavy atom. The number of nitrogens with one attached hydrogen (secondary N) is 2. The summed E-state index contributed by atoms with van der Waals surface area (Å²) in [6.07, 6.45) is 2.40.